The summed E-state index contributed by atoms with van der Waals surface area (Å²) in [5, 5.41) is 49.8. The van der Waals surface area contributed by atoms with E-state index in [2.05, 4.69) is 0 Å². The van der Waals surface area contributed by atoms with Crippen molar-refractivity contribution >= 4 is 5.91 Å². The first kappa shape index (κ1) is 15.5. The number of rotatable bonds is 4. The number of hydrogen-bond donors (Lipinski definition) is 5. The molecule has 2 bridgehead atoms. The largest absolute Gasteiger partial charge is 0.494 e. The average Bonchev–Trinajstić information content (AvgIpc) is 2.99. The molecule has 1 fully saturated rings. The molecule has 5 unspecified atom stereocenters. The van der Waals surface area contributed by atoms with Crippen LogP contribution in [-0.4, -0.2) is 66.9 Å². The molecule has 24 heavy (non-hydrogen) atoms. The molecule has 130 valence electrons. The number of aliphatic hydroxyl groups excluding tert-OH is 3. The van der Waals surface area contributed by atoms with Gasteiger partial charge in [0.2, 0.25) is 5.91 Å². The van der Waals surface area contributed by atoms with Gasteiger partial charge >= 0.3 is 0 Å². The number of carbonyl (C=O) groups excluding carboxylic acids is 1. The number of carbonyl (C=O) groups is 1. The van der Waals surface area contributed by atoms with Crippen LogP contribution in [0.25, 0.3) is 0 Å². The van der Waals surface area contributed by atoms with Crippen molar-refractivity contribution in [3.05, 3.63) is 23.3 Å². The number of amides is 1. The number of β-amino-alcohol motifs (C(OH)–C–C–N with tert-alkyl or cyclic N) is 1. The second-order valence-corrected chi connectivity index (χ2v) is 6.56. The van der Waals surface area contributed by atoms with Gasteiger partial charge in [0.25, 0.3) is 0 Å². The molecule has 1 amide bonds. The molecule has 0 spiro atoms. The van der Waals surface area contributed by atoms with E-state index >= 15 is 0 Å². The van der Waals surface area contributed by atoms with E-state index in [1.54, 1.807) is 0 Å². The Labute approximate surface area is 137 Å². The molecule has 2 heterocycles. The van der Waals surface area contributed by atoms with E-state index in [0.29, 0.717) is 11.1 Å². The second-order valence-electron chi connectivity index (χ2n) is 6.56. The lowest BCUT2D eigenvalue weighted by molar-refractivity contribution is -0.136. The maximum atomic E-state index is 12.7. The van der Waals surface area contributed by atoms with E-state index in [-0.39, 0.29) is 44.0 Å². The summed E-state index contributed by atoms with van der Waals surface area (Å²) in [6, 6.07) is 0. The molecule has 3 aliphatic carbocycles. The van der Waals surface area contributed by atoms with Crippen molar-refractivity contribution in [3.8, 4) is 11.8 Å². The third kappa shape index (κ3) is 1.70. The summed E-state index contributed by atoms with van der Waals surface area (Å²) in [4.78, 5) is 14.0. The Morgan fingerprint density at radius 3 is 2.17 bits per heavy atom. The van der Waals surface area contributed by atoms with Gasteiger partial charge in [-0.2, -0.15) is 0 Å². The highest BCUT2D eigenvalue weighted by Gasteiger charge is 2.59. The average molecular weight is 336 g/mol. The summed E-state index contributed by atoms with van der Waals surface area (Å²) < 4.78 is 1.24. The van der Waals surface area contributed by atoms with Crippen molar-refractivity contribution < 1.29 is 30.3 Å². The Morgan fingerprint density at radius 2 is 1.54 bits per heavy atom. The van der Waals surface area contributed by atoms with Crippen molar-refractivity contribution in [3.63, 3.8) is 0 Å². The van der Waals surface area contributed by atoms with E-state index in [9.17, 15) is 20.1 Å². The van der Waals surface area contributed by atoms with Gasteiger partial charge in [-0.15, -0.1) is 0 Å². The number of nitrogens with zero attached hydrogens (tertiary/aromatic N) is 2. The molecular weight excluding hydrogens is 316 g/mol. The zero-order valence-corrected chi connectivity index (χ0v) is 12.9. The minimum Gasteiger partial charge on any atom is -0.494 e. The zero-order valence-electron chi connectivity index (χ0n) is 12.9. The SMILES string of the molecule is O=C1C2C3C=CC(c4c3c(O)n(CCO)c4O)C2C(O)N1CCO. The maximum Gasteiger partial charge on any atom is 0.229 e. The second kappa shape index (κ2) is 5.23. The van der Waals surface area contributed by atoms with Crippen molar-refractivity contribution in [2.24, 2.45) is 11.8 Å². The van der Waals surface area contributed by atoms with E-state index < -0.39 is 29.9 Å². The molecule has 5 N–H and O–H groups in total. The molecule has 1 saturated heterocycles. The minimum atomic E-state index is -1.04. The third-order valence-corrected chi connectivity index (χ3v) is 5.59. The van der Waals surface area contributed by atoms with Crippen LogP contribution in [0.15, 0.2) is 12.2 Å². The Kier molecular flexibility index (Phi) is 3.38. The van der Waals surface area contributed by atoms with Gasteiger partial charge in [-0.3, -0.25) is 9.36 Å². The molecule has 8 nitrogen and oxygen atoms in total. The van der Waals surface area contributed by atoms with Crippen molar-refractivity contribution in [1.29, 1.82) is 0 Å². The van der Waals surface area contributed by atoms with Gasteiger partial charge in [0.05, 0.1) is 25.7 Å². The molecule has 1 aromatic heterocycles. The first-order valence-corrected chi connectivity index (χ1v) is 8.05. The van der Waals surface area contributed by atoms with Crippen LogP contribution in [0.4, 0.5) is 0 Å². The smallest absolute Gasteiger partial charge is 0.229 e. The fourth-order valence-electron chi connectivity index (χ4n) is 4.68. The monoisotopic (exact) mass is 336 g/mol. The quantitative estimate of drug-likeness (QED) is 0.450. The van der Waals surface area contributed by atoms with Crippen LogP contribution in [0.1, 0.15) is 23.0 Å². The van der Waals surface area contributed by atoms with Gasteiger partial charge in [0, 0.05) is 35.4 Å². The third-order valence-electron chi connectivity index (χ3n) is 5.59. The first-order valence-electron chi connectivity index (χ1n) is 8.05. The zero-order chi connectivity index (χ0) is 17.2. The van der Waals surface area contributed by atoms with Crippen LogP contribution in [0.3, 0.4) is 0 Å². The maximum absolute atomic E-state index is 12.7. The Balaban J connectivity index is 1.84. The first-order chi connectivity index (χ1) is 11.5. The number of aromatic nitrogens is 1. The summed E-state index contributed by atoms with van der Waals surface area (Å²) >= 11 is 0. The van der Waals surface area contributed by atoms with Crippen molar-refractivity contribution in [2.45, 2.75) is 24.6 Å². The summed E-state index contributed by atoms with van der Waals surface area (Å²) in [6.07, 6.45) is 2.65. The van der Waals surface area contributed by atoms with E-state index in [1.807, 2.05) is 12.2 Å². The highest BCUT2D eigenvalue weighted by Crippen LogP contribution is 2.61. The number of likely N-dealkylation sites (tertiary alicyclic amines) is 1. The van der Waals surface area contributed by atoms with Crippen molar-refractivity contribution in [2.75, 3.05) is 19.8 Å². The Hall–Kier alpha value is -2.03. The fraction of sp³-hybridized carbons (Fsp3) is 0.562. The van der Waals surface area contributed by atoms with Crippen molar-refractivity contribution in [1.82, 2.24) is 9.47 Å². The van der Waals surface area contributed by atoms with E-state index in [1.165, 1.54) is 9.47 Å². The van der Waals surface area contributed by atoms with Crippen LogP contribution in [-0.2, 0) is 11.3 Å². The number of aliphatic hydroxyl groups is 3. The fourth-order valence-corrected chi connectivity index (χ4v) is 4.68. The highest BCUT2D eigenvalue weighted by molar-refractivity contribution is 5.85. The number of allylic oxidation sites excluding steroid dienone is 2. The normalized spacial score (nSPS) is 33.2. The molecule has 8 heteroatoms. The molecule has 1 aliphatic heterocycles. The summed E-state index contributed by atoms with van der Waals surface area (Å²) in [6.45, 7) is -0.376. The molecule has 0 radical (unpaired) electrons. The van der Waals surface area contributed by atoms with Gasteiger partial charge in [-0.05, 0) is 0 Å². The van der Waals surface area contributed by atoms with E-state index in [0.717, 1.165) is 0 Å². The molecule has 5 rings (SSSR count). The molecule has 4 aliphatic rings. The van der Waals surface area contributed by atoms with Gasteiger partial charge in [-0.1, -0.05) is 12.2 Å². The van der Waals surface area contributed by atoms with Gasteiger partial charge in [0.1, 0.15) is 6.23 Å². The molecule has 0 saturated carbocycles. The lowest BCUT2D eigenvalue weighted by atomic mass is 9.61. The van der Waals surface area contributed by atoms with Crippen LogP contribution in [0.2, 0.25) is 0 Å². The molecular formula is C16H20N2O6. The summed E-state index contributed by atoms with van der Waals surface area (Å²) in [5.74, 6) is -2.31. The van der Waals surface area contributed by atoms with Crippen LogP contribution in [0.5, 0.6) is 11.8 Å². The molecule has 0 aromatic carbocycles. The summed E-state index contributed by atoms with van der Waals surface area (Å²) in [7, 11) is 0. The van der Waals surface area contributed by atoms with Gasteiger partial charge < -0.3 is 30.4 Å². The predicted octanol–water partition coefficient (Wildman–Crippen LogP) is -0.973. The number of aromatic hydroxyl groups is 2. The lowest BCUT2D eigenvalue weighted by Gasteiger charge is -2.40. The summed E-state index contributed by atoms with van der Waals surface area (Å²) in [5.41, 5.74) is 1.02. The predicted molar refractivity (Wildman–Crippen MR) is 81.3 cm³/mol. The number of hydrogen-bond acceptors (Lipinski definition) is 6. The van der Waals surface area contributed by atoms with Crippen LogP contribution < -0.4 is 0 Å². The molecule has 5 atom stereocenters. The lowest BCUT2D eigenvalue weighted by Crippen LogP contribution is -2.39. The van der Waals surface area contributed by atoms with Crippen LogP contribution in [0, 0.1) is 11.8 Å². The Morgan fingerprint density at radius 1 is 0.958 bits per heavy atom. The van der Waals surface area contributed by atoms with Gasteiger partial charge in [-0.25, -0.2) is 0 Å². The topological polar surface area (TPSA) is 126 Å². The minimum absolute atomic E-state index is 0.0482. The van der Waals surface area contributed by atoms with Gasteiger partial charge in [0.15, 0.2) is 11.8 Å². The van der Waals surface area contributed by atoms with Crippen LogP contribution >= 0.6 is 0 Å². The highest BCUT2D eigenvalue weighted by atomic mass is 16.3. The van der Waals surface area contributed by atoms with E-state index in [4.69, 9.17) is 10.2 Å². The molecule has 1 aromatic rings. The standard InChI is InChI=1S/C16H20N2O6/c19-5-3-17-13(21)9-7-1-2-8(11(9)15(17)23)12-10(7)14(22)18(4-6-20)16(12)24/h1-2,7-9,11,13,19-22,24H,3-6H2. The Bertz CT molecular complexity index is 727.